The van der Waals surface area contributed by atoms with Gasteiger partial charge in [0, 0.05) is 23.5 Å². The van der Waals surface area contributed by atoms with Crippen LogP contribution in [0.1, 0.15) is 60.3 Å². The van der Waals surface area contributed by atoms with E-state index in [1.165, 1.54) is 6.92 Å². The molecule has 1 aliphatic heterocycles. The fourth-order valence-electron chi connectivity index (χ4n) is 5.36. The van der Waals surface area contributed by atoms with Gasteiger partial charge < -0.3 is 9.84 Å². The monoisotopic (exact) mass is 332 g/mol. The number of fused-ring (bicyclic) bond motifs is 3. The minimum atomic E-state index is -1.46. The van der Waals surface area contributed by atoms with Crippen LogP contribution in [0.5, 0.6) is 0 Å². The van der Waals surface area contributed by atoms with Crippen molar-refractivity contribution < 1.29 is 19.4 Å². The predicted octanol–water partition coefficient (Wildman–Crippen LogP) is 2.83. The molecule has 0 radical (unpaired) electrons. The SMILES string of the molecule is C[C@@H]1C[C@@H]2[C@H](CC[C@]3(C)O[C@@H]3C3=C(C[C@](C)(O)C3=O)C1=O)C2(C)C. The smallest absolute Gasteiger partial charge is 0.193 e. The molecule has 1 saturated heterocycles. The minimum absolute atomic E-state index is 0.0392. The third kappa shape index (κ3) is 2.12. The first kappa shape index (κ1) is 16.5. The number of hydrogen-bond donors (Lipinski definition) is 1. The summed E-state index contributed by atoms with van der Waals surface area (Å²) in [5.41, 5.74) is -0.521. The van der Waals surface area contributed by atoms with Gasteiger partial charge in [-0.1, -0.05) is 20.8 Å². The van der Waals surface area contributed by atoms with Crippen LogP contribution in [-0.4, -0.2) is 34.0 Å². The lowest BCUT2D eigenvalue weighted by Crippen LogP contribution is -2.33. The molecule has 0 amide bonds. The molecule has 3 aliphatic carbocycles. The first-order valence-corrected chi connectivity index (χ1v) is 9.21. The van der Waals surface area contributed by atoms with Gasteiger partial charge in [-0.15, -0.1) is 0 Å². The summed E-state index contributed by atoms with van der Waals surface area (Å²) < 4.78 is 5.93. The summed E-state index contributed by atoms with van der Waals surface area (Å²) in [4.78, 5) is 25.7. The molecule has 0 unspecified atom stereocenters. The van der Waals surface area contributed by atoms with Crippen LogP contribution in [0.15, 0.2) is 11.1 Å². The Labute approximate surface area is 143 Å². The van der Waals surface area contributed by atoms with E-state index in [0.29, 0.717) is 28.4 Å². The van der Waals surface area contributed by atoms with E-state index in [1.54, 1.807) is 0 Å². The van der Waals surface area contributed by atoms with Crippen LogP contribution >= 0.6 is 0 Å². The number of hydrogen-bond acceptors (Lipinski definition) is 4. The van der Waals surface area contributed by atoms with E-state index >= 15 is 0 Å². The largest absolute Gasteiger partial charge is 0.382 e. The molecule has 1 N–H and O–H groups in total. The molecule has 24 heavy (non-hydrogen) atoms. The zero-order chi connectivity index (χ0) is 17.7. The molecule has 4 heteroatoms. The van der Waals surface area contributed by atoms with Crippen LogP contribution in [0.4, 0.5) is 0 Å². The Morgan fingerprint density at radius 3 is 2.46 bits per heavy atom. The maximum atomic E-state index is 13.1. The molecule has 4 nitrogen and oxygen atoms in total. The van der Waals surface area contributed by atoms with E-state index in [4.69, 9.17) is 4.74 Å². The second-order valence-corrected chi connectivity index (χ2v) is 9.56. The van der Waals surface area contributed by atoms with Crippen LogP contribution in [0.2, 0.25) is 0 Å². The lowest BCUT2D eigenvalue weighted by molar-refractivity contribution is -0.130. The van der Waals surface area contributed by atoms with E-state index < -0.39 is 5.60 Å². The fourth-order valence-corrected chi connectivity index (χ4v) is 5.36. The molecule has 4 aliphatic rings. The third-order valence-corrected chi connectivity index (χ3v) is 7.32. The second-order valence-electron chi connectivity index (χ2n) is 9.56. The Balaban J connectivity index is 1.73. The topological polar surface area (TPSA) is 66.9 Å². The third-order valence-electron chi connectivity index (χ3n) is 7.32. The van der Waals surface area contributed by atoms with Gasteiger partial charge in [0.05, 0.1) is 5.60 Å². The summed E-state index contributed by atoms with van der Waals surface area (Å²) in [5.74, 6) is 0.834. The summed E-state index contributed by atoms with van der Waals surface area (Å²) in [5, 5.41) is 10.4. The molecule has 0 aromatic carbocycles. The summed E-state index contributed by atoms with van der Waals surface area (Å²) in [6, 6.07) is 0. The summed E-state index contributed by atoms with van der Waals surface area (Å²) >= 11 is 0. The molecule has 4 rings (SSSR count). The Hall–Kier alpha value is -1.00. The van der Waals surface area contributed by atoms with E-state index in [2.05, 4.69) is 13.8 Å². The van der Waals surface area contributed by atoms with Crippen molar-refractivity contribution in [3.05, 3.63) is 11.1 Å². The predicted molar refractivity (Wildman–Crippen MR) is 89.3 cm³/mol. The van der Waals surface area contributed by atoms with Gasteiger partial charge in [-0.25, -0.2) is 0 Å². The summed E-state index contributed by atoms with van der Waals surface area (Å²) in [6.45, 7) is 10.1. The van der Waals surface area contributed by atoms with Crippen LogP contribution in [-0.2, 0) is 14.3 Å². The molecular weight excluding hydrogens is 304 g/mol. The first-order valence-electron chi connectivity index (χ1n) is 9.21. The molecule has 1 saturated carbocycles. The van der Waals surface area contributed by atoms with E-state index in [9.17, 15) is 14.7 Å². The zero-order valence-corrected chi connectivity index (χ0v) is 15.3. The highest BCUT2D eigenvalue weighted by atomic mass is 16.6. The quantitative estimate of drug-likeness (QED) is 0.693. The van der Waals surface area contributed by atoms with Crippen LogP contribution in [0.25, 0.3) is 0 Å². The lowest BCUT2D eigenvalue weighted by Gasteiger charge is -2.16. The van der Waals surface area contributed by atoms with Crippen molar-refractivity contribution in [3.63, 3.8) is 0 Å². The van der Waals surface area contributed by atoms with Crippen molar-refractivity contribution >= 4 is 11.6 Å². The van der Waals surface area contributed by atoms with Gasteiger partial charge in [0.15, 0.2) is 11.6 Å². The average Bonchev–Trinajstić information content (AvgIpc) is 3.25. The van der Waals surface area contributed by atoms with Crippen LogP contribution in [0.3, 0.4) is 0 Å². The van der Waals surface area contributed by atoms with Gasteiger partial charge in [-0.3, -0.25) is 9.59 Å². The average molecular weight is 332 g/mol. The molecular formula is C20H28O4. The Morgan fingerprint density at radius 2 is 1.79 bits per heavy atom. The molecule has 0 bridgehead atoms. The number of epoxide rings is 1. The van der Waals surface area contributed by atoms with Crippen molar-refractivity contribution in [1.82, 2.24) is 0 Å². The number of aliphatic hydroxyl groups is 1. The van der Waals surface area contributed by atoms with Crippen molar-refractivity contribution in [2.75, 3.05) is 0 Å². The number of rotatable bonds is 0. The molecule has 6 atom stereocenters. The Morgan fingerprint density at radius 1 is 1.12 bits per heavy atom. The van der Waals surface area contributed by atoms with Crippen molar-refractivity contribution in [2.45, 2.75) is 77.6 Å². The van der Waals surface area contributed by atoms with Crippen molar-refractivity contribution in [3.8, 4) is 0 Å². The lowest BCUT2D eigenvalue weighted by atomic mass is 9.88. The number of carbonyl (C=O) groups excluding carboxylic acids is 2. The summed E-state index contributed by atoms with van der Waals surface area (Å²) in [6.07, 6.45) is 2.70. The molecule has 2 fully saturated rings. The Bertz CT molecular complexity index is 671. The molecule has 0 aromatic rings. The summed E-state index contributed by atoms with van der Waals surface area (Å²) in [7, 11) is 0. The van der Waals surface area contributed by atoms with Crippen LogP contribution < -0.4 is 0 Å². The number of ketones is 2. The molecule has 0 spiro atoms. The minimum Gasteiger partial charge on any atom is -0.382 e. The van der Waals surface area contributed by atoms with Crippen molar-refractivity contribution in [2.24, 2.45) is 23.2 Å². The van der Waals surface area contributed by atoms with Gasteiger partial charge in [-0.2, -0.15) is 0 Å². The van der Waals surface area contributed by atoms with E-state index in [1.807, 2.05) is 13.8 Å². The van der Waals surface area contributed by atoms with E-state index in [-0.39, 0.29) is 35.6 Å². The molecule has 0 aromatic heterocycles. The maximum Gasteiger partial charge on any atom is 0.193 e. The zero-order valence-electron chi connectivity index (χ0n) is 15.3. The normalized spacial score (nSPS) is 49.9. The number of ether oxygens (including phenoxy) is 1. The Kier molecular flexibility index (Phi) is 3.15. The first-order chi connectivity index (χ1) is 11.0. The van der Waals surface area contributed by atoms with Gasteiger partial charge in [0.1, 0.15) is 11.7 Å². The van der Waals surface area contributed by atoms with Crippen molar-refractivity contribution in [1.29, 1.82) is 0 Å². The molecule has 1 heterocycles. The van der Waals surface area contributed by atoms with E-state index in [0.717, 1.165) is 19.3 Å². The highest BCUT2D eigenvalue weighted by molar-refractivity contribution is 6.15. The number of carbonyl (C=O) groups is 2. The fraction of sp³-hybridized carbons (Fsp3) is 0.800. The number of Topliss-reactive ketones (excluding diaryl/α,β-unsaturated/α-hetero) is 2. The standard InChI is InChI=1S/C20H28O4/c1-10-8-13-12(18(13,2)3)6-7-20(5)17(24-20)14-11(15(10)21)9-19(4,23)16(14)22/h10,12-13,17,23H,6-9H2,1-5H3/t10-,12+,13-,17-,19+,20+/m1/s1. The highest BCUT2D eigenvalue weighted by Gasteiger charge is 2.64. The van der Waals surface area contributed by atoms with Gasteiger partial charge in [0.2, 0.25) is 0 Å². The van der Waals surface area contributed by atoms with Gasteiger partial charge in [0.25, 0.3) is 0 Å². The second kappa shape index (κ2) is 4.59. The van der Waals surface area contributed by atoms with Gasteiger partial charge >= 0.3 is 0 Å². The highest BCUT2D eigenvalue weighted by Crippen LogP contribution is 2.64. The maximum absolute atomic E-state index is 13.1. The van der Waals surface area contributed by atoms with Gasteiger partial charge in [-0.05, 0) is 50.4 Å². The van der Waals surface area contributed by atoms with Crippen LogP contribution in [0, 0.1) is 23.2 Å². The molecule has 132 valence electrons.